The molecule has 0 unspecified atom stereocenters. The summed E-state index contributed by atoms with van der Waals surface area (Å²) in [5.74, 6) is 0.722. The normalized spacial score (nSPS) is 10.4. The topological polar surface area (TPSA) is 22.1 Å². The molecule has 0 spiro atoms. The van der Waals surface area contributed by atoms with Crippen molar-refractivity contribution >= 4 is 27.5 Å². The van der Waals surface area contributed by atoms with Crippen molar-refractivity contribution in [1.29, 1.82) is 0 Å². The van der Waals surface area contributed by atoms with E-state index in [0.29, 0.717) is 17.0 Å². The average molecular weight is 327 g/mol. The Balaban J connectivity index is 2.15. The number of alkyl halides is 1. The highest BCUT2D eigenvalue weighted by Gasteiger charge is 2.08. The molecule has 94 valence electrons. The van der Waals surface area contributed by atoms with Crippen molar-refractivity contribution in [2.75, 3.05) is 0 Å². The van der Waals surface area contributed by atoms with E-state index in [-0.39, 0.29) is 0 Å². The average Bonchev–Trinajstić information content (AvgIpc) is 2.37. The molecule has 1 heterocycles. The van der Waals surface area contributed by atoms with Gasteiger partial charge in [0.15, 0.2) is 0 Å². The van der Waals surface area contributed by atoms with Crippen molar-refractivity contribution in [1.82, 2.24) is 4.98 Å². The first-order valence-electron chi connectivity index (χ1n) is 5.59. The molecule has 1 aromatic heterocycles. The van der Waals surface area contributed by atoms with Crippen LogP contribution in [0.1, 0.15) is 17.0 Å². The van der Waals surface area contributed by atoms with Crippen LogP contribution in [0.4, 0.5) is 0 Å². The minimum Gasteiger partial charge on any atom is -0.485 e. The molecule has 1 aromatic carbocycles. The van der Waals surface area contributed by atoms with Gasteiger partial charge < -0.3 is 4.74 Å². The van der Waals surface area contributed by atoms with E-state index in [4.69, 9.17) is 16.3 Å². The first-order chi connectivity index (χ1) is 8.70. The lowest BCUT2D eigenvalue weighted by Crippen LogP contribution is -2.01. The van der Waals surface area contributed by atoms with E-state index in [1.54, 1.807) is 0 Å². The lowest BCUT2D eigenvalue weighted by molar-refractivity contribution is 0.299. The van der Waals surface area contributed by atoms with E-state index >= 15 is 0 Å². The van der Waals surface area contributed by atoms with E-state index < -0.39 is 0 Å². The maximum Gasteiger partial charge on any atom is 0.142 e. The third-order valence-electron chi connectivity index (χ3n) is 2.50. The van der Waals surface area contributed by atoms with Crippen molar-refractivity contribution in [3.63, 3.8) is 0 Å². The molecule has 0 fully saturated rings. The van der Waals surface area contributed by atoms with Crippen LogP contribution < -0.4 is 4.74 Å². The molecular formula is C14H13BrClNO. The van der Waals surface area contributed by atoms with Crippen LogP contribution in [-0.4, -0.2) is 4.98 Å². The summed E-state index contributed by atoms with van der Waals surface area (Å²) in [5, 5.41) is 1.34. The highest BCUT2D eigenvalue weighted by atomic mass is 79.9. The fourth-order valence-electron chi connectivity index (χ4n) is 1.65. The number of halogens is 2. The number of pyridine rings is 1. The zero-order chi connectivity index (χ0) is 13.0. The number of aryl methyl sites for hydroxylation is 1. The number of nitrogens with zero attached hydrogens (tertiary/aromatic N) is 1. The van der Waals surface area contributed by atoms with E-state index in [1.807, 2.05) is 43.3 Å². The molecule has 2 aromatic rings. The van der Waals surface area contributed by atoms with Crippen LogP contribution in [0.25, 0.3) is 0 Å². The Morgan fingerprint density at radius 2 is 2.00 bits per heavy atom. The van der Waals surface area contributed by atoms with Crippen molar-refractivity contribution in [2.24, 2.45) is 0 Å². The zero-order valence-corrected chi connectivity index (χ0v) is 12.3. The van der Waals surface area contributed by atoms with Gasteiger partial charge in [0.05, 0.1) is 10.7 Å². The molecule has 0 atom stereocenters. The van der Waals surface area contributed by atoms with E-state index in [2.05, 4.69) is 20.9 Å². The smallest absolute Gasteiger partial charge is 0.142 e. The second-order valence-corrected chi connectivity index (χ2v) is 4.89. The molecule has 4 heteroatoms. The summed E-state index contributed by atoms with van der Waals surface area (Å²) in [5.41, 5.74) is 2.92. The second-order valence-electron chi connectivity index (χ2n) is 3.92. The summed E-state index contributed by atoms with van der Waals surface area (Å²) in [7, 11) is 0. The van der Waals surface area contributed by atoms with Gasteiger partial charge in [-0.25, -0.2) is 0 Å². The van der Waals surface area contributed by atoms with Gasteiger partial charge in [0.1, 0.15) is 12.4 Å². The van der Waals surface area contributed by atoms with Gasteiger partial charge in [0, 0.05) is 16.6 Å². The SMILES string of the molecule is Cc1cccc(COc2c(Cl)cccc2CBr)n1. The van der Waals surface area contributed by atoms with Crippen LogP contribution in [0.5, 0.6) is 5.75 Å². The van der Waals surface area contributed by atoms with E-state index in [1.165, 1.54) is 0 Å². The molecule has 0 N–H and O–H groups in total. The van der Waals surface area contributed by atoms with Gasteiger partial charge in [0.25, 0.3) is 0 Å². The number of para-hydroxylation sites is 1. The largest absolute Gasteiger partial charge is 0.485 e. The van der Waals surface area contributed by atoms with Crippen LogP contribution in [0.2, 0.25) is 5.02 Å². The molecule has 0 aliphatic rings. The molecule has 0 aliphatic carbocycles. The molecule has 0 bridgehead atoms. The number of rotatable bonds is 4. The molecule has 2 rings (SSSR count). The fraction of sp³-hybridized carbons (Fsp3) is 0.214. The maximum atomic E-state index is 6.14. The van der Waals surface area contributed by atoms with Gasteiger partial charge in [-0.05, 0) is 25.1 Å². The van der Waals surface area contributed by atoms with Gasteiger partial charge in [-0.2, -0.15) is 0 Å². The molecule has 18 heavy (non-hydrogen) atoms. The molecule has 2 nitrogen and oxygen atoms in total. The number of benzene rings is 1. The van der Waals surface area contributed by atoms with Crippen molar-refractivity contribution < 1.29 is 4.74 Å². The lowest BCUT2D eigenvalue weighted by atomic mass is 10.2. The number of aromatic nitrogens is 1. The summed E-state index contributed by atoms with van der Waals surface area (Å²) in [4.78, 5) is 4.39. The quantitative estimate of drug-likeness (QED) is 0.771. The third-order valence-corrected chi connectivity index (χ3v) is 3.40. The van der Waals surface area contributed by atoms with Crippen molar-refractivity contribution in [3.8, 4) is 5.75 Å². The predicted molar refractivity (Wildman–Crippen MR) is 77.4 cm³/mol. The lowest BCUT2D eigenvalue weighted by Gasteiger charge is -2.11. The van der Waals surface area contributed by atoms with Gasteiger partial charge >= 0.3 is 0 Å². The van der Waals surface area contributed by atoms with Gasteiger partial charge in [-0.3, -0.25) is 4.98 Å². The van der Waals surface area contributed by atoms with Crippen molar-refractivity contribution in [3.05, 3.63) is 58.4 Å². The Morgan fingerprint density at radius 1 is 1.22 bits per heavy atom. The van der Waals surface area contributed by atoms with E-state index in [0.717, 1.165) is 22.7 Å². The van der Waals surface area contributed by atoms with Gasteiger partial charge in [-0.1, -0.05) is 45.7 Å². The predicted octanol–water partition coefficient (Wildman–Crippen LogP) is 4.52. The minimum absolute atomic E-state index is 0.422. The molecule has 0 saturated carbocycles. The van der Waals surface area contributed by atoms with Crippen LogP contribution >= 0.6 is 27.5 Å². The van der Waals surface area contributed by atoms with Crippen LogP contribution in [0.15, 0.2) is 36.4 Å². The highest BCUT2D eigenvalue weighted by molar-refractivity contribution is 9.08. The number of ether oxygens (including phenoxy) is 1. The summed E-state index contributed by atoms with van der Waals surface area (Å²) in [6, 6.07) is 11.6. The summed E-state index contributed by atoms with van der Waals surface area (Å²) >= 11 is 9.57. The third kappa shape index (κ3) is 3.24. The second kappa shape index (κ2) is 6.21. The van der Waals surface area contributed by atoms with E-state index in [9.17, 15) is 0 Å². The van der Waals surface area contributed by atoms with Crippen LogP contribution in [-0.2, 0) is 11.9 Å². The Morgan fingerprint density at radius 3 is 2.72 bits per heavy atom. The Bertz CT molecular complexity index is 545. The summed E-state index contributed by atoms with van der Waals surface area (Å²) in [6.07, 6.45) is 0. The Hall–Kier alpha value is -1.06. The molecule has 0 amide bonds. The molecule has 0 saturated heterocycles. The zero-order valence-electron chi connectivity index (χ0n) is 9.99. The summed E-state index contributed by atoms with van der Waals surface area (Å²) < 4.78 is 5.78. The molecular weight excluding hydrogens is 314 g/mol. The summed E-state index contributed by atoms with van der Waals surface area (Å²) in [6.45, 7) is 2.38. The minimum atomic E-state index is 0.422. The van der Waals surface area contributed by atoms with Crippen LogP contribution in [0.3, 0.4) is 0 Å². The number of hydrogen-bond donors (Lipinski definition) is 0. The van der Waals surface area contributed by atoms with Crippen LogP contribution in [0, 0.1) is 6.92 Å². The Kier molecular flexibility index (Phi) is 4.61. The van der Waals surface area contributed by atoms with Gasteiger partial charge in [0.2, 0.25) is 0 Å². The first-order valence-corrected chi connectivity index (χ1v) is 7.09. The monoisotopic (exact) mass is 325 g/mol. The Labute approximate surface area is 120 Å². The number of hydrogen-bond acceptors (Lipinski definition) is 2. The highest BCUT2D eigenvalue weighted by Crippen LogP contribution is 2.30. The fourth-order valence-corrected chi connectivity index (χ4v) is 2.34. The standard InChI is InChI=1S/C14H13BrClNO/c1-10-4-2-6-12(17-10)9-18-14-11(8-15)5-3-7-13(14)16/h2-7H,8-9H2,1H3. The first kappa shape index (κ1) is 13.4. The van der Waals surface area contributed by atoms with Crippen molar-refractivity contribution in [2.45, 2.75) is 18.9 Å². The molecule has 0 aliphatic heterocycles. The van der Waals surface area contributed by atoms with Gasteiger partial charge in [-0.15, -0.1) is 0 Å². The maximum absolute atomic E-state index is 6.14. The molecule has 0 radical (unpaired) electrons.